The standard InChI is InChI=1S/C10H11N2O/c1-8-3-5-10(6-4-8)7-11-12-9(2)13/h3-7H,2H2,1H3,(H,12,13). The van der Waals surface area contributed by atoms with Crippen LogP contribution < -0.4 is 5.43 Å². The molecule has 0 saturated heterocycles. The maximum Gasteiger partial charge on any atom is 0.240 e. The SMILES string of the molecule is [CH2]C(=O)NN=Cc1ccc(C)cc1. The lowest BCUT2D eigenvalue weighted by molar-refractivity contribution is -0.116. The van der Waals surface area contributed by atoms with Crippen LogP contribution in [0.15, 0.2) is 29.4 Å². The Hall–Kier alpha value is -1.64. The van der Waals surface area contributed by atoms with Gasteiger partial charge in [0, 0.05) is 6.92 Å². The second kappa shape index (κ2) is 4.40. The summed E-state index contributed by atoms with van der Waals surface area (Å²) in [5.41, 5.74) is 4.36. The molecule has 67 valence electrons. The molecule has 1 rings (SSSR count). The summed E-state index contributed by atoms with van der Waals surface area (Å²) in [6.07, 6.45) is 1.57. The first kappa shape index (κ1) is 9.45. The second-order valence-electron chi connectivity index (χ2n) is 2.70. The van der Waals surface area contributed by atoms with Gasteiger partial charge in [-0.1, -0.05) is 29.8 Å². The minimum absolute atomic E-state index is 0.414. The number of hydrazone groups is 1. The molecular weight excluding hydrogens is 164 g/mol. The van der Waals surface area contributed by atoms with Crippen LogP contribution in [0.25, 0.3) is 0 Å². The van der Waals surface area contributed by atoms with Crippen molar-refractivity contribution in [3.8, 4) is 0 Å². The van der Waals surface area contributed by atoms with Gasteiger partial charge in [-0.2, -0.15) is 5.10 Å². The van der Waals surface area contributed by atoms with Crippen LogP contribution in [0, 0.1) is 13.8 Å². The first-order valence-electron chi connectivity index (χ1n) is 3.90. The van der Waals surface area contributed by atoms with E-state index >= 15 is 0 Å². The molecule has 0 fully saturated rings. The highest BCUT2D eigenvalue weighted by Gasteiger charge is 1.87. The summed E-state index contributed by atoms with van der Waals surface area (Å²) in [7, 11) is 0. The molecule has 1 aromatic carbocycles. The fourth-order valence-electron chi connectivity index (χ4n) is 0.831. The molecule has 3 heteroatoms. The zero-order valence-corrected chi connectivity index (χ0v) is 7.45. The van der Waals surface area contributed by atoms with Gasteiger partial charge in [0.1, 0.15) is 0 Å². The number of nitrogens with one attached hydrogen (secondary N) is 1. The minimum Gasteiger partial charge on any atom is -0.273 e. The van der Waals surface area contributed by atoms with Crippen molar-refractivity contribution in [2.24, 2.45) is 5.10 Å². The molecule has 13 heavy (non-hydrogen) atoms. The van der Waals surface area contributed by atoms with Crippen LogP contribution in [0.2, 0.25) is 0 Å². The molecule has 1 radical (unpaired) electrons. The Morgan fingerprint density at radius 2 is 2.08 bits per heavy atom. The van der Waals surface area contributed by atoms with Gasteiger partial charge >= 0.3 is 0 Å². The Morgan fingerprint density at radius 1 is 1.46 bits per heavy atom. The van der Waals surface area contributed by atoms with E-state index in [2.05, 4.69) is 17.5 Å². The second-order valence-corrected chi connectivity index (χ2v) is 2.70. The minimum atomic E-state index is -0.414. The predicted octanol–water partition coefficient (Wildman–Crippen LogP) is 1.28. The van der Waals surface area contributed by atoms with E-state index in [0.29, 0.717) is 0 Å². The van der Waals surface area contributed by atoms with Crippen LogP contribution in [0.3, 0.4) is 0 Å². The molecule has 0 aromatic heterocycles. The molecule has 0 aliphatic heterocycles. The van der Waals surface area contributed by atoms with Gasteiger partial charge < -0.3 is 0 Å². The third-order valence-electron chi connectivity index (χ3n) is 1.48. The van der Waals surface area contributed by atoms with Crippen LogP contribution in [-0.2, 0) is 4.79 Å². The summed E-state index contributed by atoms with van der Waals surface area (Å²) >= 11 is 0. The number of amides is 1. The fraction of sp³-hybridized carbons (Fsp3) is 0.100. The van der Waals surface area contributed by atoms with E-state index in [4.69, 9.17) is 0 Å². The monoisotopic (exact) mass is 175 g/mol. The zero-order valence-electron chi connectivity index (χ0n) is 7.45. The molecule has 3 nitrogen and oxygen atoms in total. The van der Waals surface area contributed by atoms with Crippen molar-refractivity contribution in [2.75, 3.05) is 0 Å². The highest BCUT2D eigenvalue weighted by Crippen LogP contribution is 1.99. The van der Waals surface area contributed by atoms with E-state index < -0.39 is 5.91 Å². The molecule has 0 unspecified atom stereocenters. The van der Waals surface area contributed by atoms with Gasteiger partial charge in [0.25, 0.3) is 0 Å². The Labute approximate surface area is 77.5 Å². The Kier molecular flexibility index (Phi) is 3.20. The van der Waals surface area contributed by atoms with E-state index in [1.165, 1.54) is 5.56 Å². The van der Waals surface area contributed by atoms with Gasteiger partial charge in [-0.25, -0.2) is 5.43 Å². The van der Waals surface area contributed by atoms with Gasteiger partial charge in [0.05, 0.1) is 6.21 Å². The summed E-state index contributed by atoms with van der Waals surface area (Å²) in [6, 6.07) is 7.81. The Bertz CT molecular complexity index is 314. The van der Waals surface area contributed by atoms with E-state index in [0.717, 1.165) is 5.56 Å². The third-order valence-corrected chi connectivity index (χ3v) is 1.48. The number of carbonyl (C=O) groups excluding carboxylic acids is 1. The van der Waals surface area contributed by atoms with E-state index in [-0.39, 0.29) is 0 Å². The van der Waals surface area contributed by atoms with Crippen LogP contribution in [-0.4, -0.2) is 12.1 Å². The first-order valence-corrected chi connectivity index (χ1v) is 3.90. The van der Waals surface area contributed by atoms with Crippen molar-refractivity contribution in [1.82, 2.24) is 5.43 Å². The normalized spacial score (nSPS) is 10.3. The van der Waals surface area contributed by atoms with Crippen LogP contribution in [0.5, 0.6) is 0 Å². The molecular formula is C10H11N2O. The number of hydrogen-bond acceptors (Lipinski definition) is 2. The number of hydrogen-bond donors (Lipinski definition) is 1. The highest BCUT2D eigenvalue weighted by molar-refractivity contribution is 5.83. The summed E-state index contributed by atoms with van der Waals surface area (Å²) in [5, 5.41) is 3.68. The maximum absolute atomic E-state index is 10.4. The number of carbonyl (C=O) groups is 1. The molecule has 0 heterocycles. The maximum atomic E-state index is 10.4. The topological polar surface area (TPSA) is 41.5 Å². The lowest BCUT2D eigenvalue weighted by atomic mass is 10.2. The lowest BCUT2D eigenvalue weighted by Crippen LogP contribution is -2.12. The van der Waals surface area contributed by atoms with Crippen LogP contribution in [0.4, 0.5) is 0 Å². The van der Waals surface area contributed by atoms with Crippen molar-refractivity contribution >= 4 is 12.1 Å². The number of aryl methyl sites for hydroxylation is 1. The number of nitrogens with zero attached hydrogens (tertiary/aromatic N) is 1. The summed E-state index contributed by atoms with van der Waals surface area (Å²) in [6.45, 7) is 5.13. The van der Waals surface area contributed by atoms with Crippen molar-refractivity contribution in [3.05, 3.63) is 42.3 Å². The van der Waals surface area contributed by atoms with E-state index in [1.54, 1.807) is 6.21 Å². The molecule has 0 saturated carbocycles. The molecule has 1 aromatic rings. The molecule has 0 aliphatic carbocycles. The largest absolute Gasteiger partial charge is 0.273 e. The molecule has 0 bridgehead atoms. The molecule has 0 aliphatic rings. The highest BCUT2D eigenvalue weighted by atomic mass is 16.2. The predicted molar refractivity (Wildman–Crippen MR) is 52.3 cm³/mol. The van der Waals surface area contributed by atoms with Gasteiger partial charge in [0.15, 0.2) is 0 Å². The number of benzene rings is 1. The molecule has 1 amide bonds. The van der Waals surface area contributed by atoms with Crippen molar-refractivity contribution in [3.63, 3.8) is 0 Å². The molecule has 1 N–H and O–H groups in total. The fourth-order valence-corrected chi connectivity index (χ4v) is 0.831. The smallest absolute Gasteiger partial charge is 0.240 e. The first-order chi connectivity index (χ1) is 6.18. The molecule has 0 spiro atoms. The Balaban J connectivity index is 2.59. The van der Waals surface area contributed by atoms with Crippen molar-refractivity contribution in [1.29, 1.82) is 0 Å². The Morgan fingerprint density at radius 3 is 2.62 bits per heavy atom. The summed E-state index contributed by atoms with van der Waals surface area (Å²) in [4.78, 5) is 10.4. The van der Waals surface area contributed by atoms with Gasteiger partial charge in [-0.05, 0) is 12.5 Å². The van der Waals surface area contributed by atoms with Crippen LogP contribution in [0.1, 0.15) is 11.1 Å². The average Bonchev–Trinajstić information content (AvgIpc) is 2.08. The van der Waals surface area contributed by atoms with Gasteiger partial charge in [-0.3, -0.25) is 4.79 Å². The molecule has 0 atom stereocenters. The van der Waals surface area contributed by atoms with Crippen molar-refractivity contribution < 1.29 is 4.79 Å². The number of rotatable bonds is 2. The van der Waals surface area contributed by atoms with Crippen LogP contribution >= 0.6 is 0 Å². The average molecular weight is 175 g/mol. The van der Waals surface area contributed by atoms with Gasteiger partial charge in [-0.15, -0.1) is 0 Å². The summed E-state index contributed by atoms with van der Waals surface area (Å²) in [5.74, 6) is -0.414. The quantitative estimate of drug-likeness (QED) is 0.534. The summed E-state index contributed by atoms with van der Waals surface area (Å²) < 4.78 is 0. The third kappa shape index (κ3) is 3.51. The van der Waals surface area contributed by atoms with Gasteiger partial charge in [0.2, 0.25) is 5.91 Å². The zero-order chi connectivity index (χ0) is 9.68. The van der Waals surface area contributed by atoms with E-state index in [1.807, 2.05) is 31.2 Å². The van der Waals surface area contributed by atoms with Crippen molar-refractivity contribution in [2.45, 2.75) is 6.92 Å². The lowest BCUT2D eigenvalue weighted by Gasteiger charge is -1.94. The van der Waals surface area contributed by atoms with E-state index in [9.17, 15) is 4.79 Å².